The number of ketones is 2. The number of para-hydroxylation sites is 4. The van der Waals surface area contributed by atoms with Crippen molar-refractivity contribution in [3.05, 3.63) is 323 Å². The number of aryl methyl sites for hydroxylation is 8. The maximum atomic E-state index is 13.3. The number of benzene rings is 4. The van der Waals surface area contributed by atoms with E-state index in [2.05, 4.69) is 122 Å². The highest BCUT2D eigenvalue weighted by Gasteiger charge is 2.25. The summed E-state index contributed by atoms with van der Waals surface area (Å²) >= 11 is 0. The Bertz CT molecular complexity index is 6920. The highest BCUT2D eigenvalue weighted by molar-refractivity contribution is 6.35. The van der Waals surface area contributed by atoms with Gasteiger partial charge in [0.25, 0.3) is 0 Å². The number of aromatic nitrogens is 8. The zero-order valence-corrected chi connectivity index (χ0v) is 62.8. The number of fused-ring (bicyclic) bond motifs is 4. The van der Waals surface area contributed by atoms with E-state index in [-0.39, 0.29) is 11.6 Å². The van der Waals surface area contributed by atoms with E-state index in [1.165, 1.54) is 18.1 Å². The molecule has 0 unspecified atom stereocenters. The lowest BCUT2D eigenvalue weighted by Crippen LogP contribution is -2.24. The molecule has 0 aliphatic carbocycles. The van der Waals surface area contributed by atoms with Crippen LogP contribution in [0.3, 0.4) is 0 Å². The average Bonchev–Trinajstić information content (AvgIpc) is 1.63. The molecule has 13 heterocycles. The maximum absolute atomic E-state index is 13.3. The van der Waals surface area contributed by atoms with Gasteiger partial charge in [0.05, 0.1) is 143 Å². The summed E-state index contributed by atoms with van der Waals surface area (Å²) in [5.74, 6) is 2.79. The molecule has 546 valence electrons. The fourth-order valence-electron chi connectivity index (χ4n) is 14.0. The molecule has 17 rings (SSSR count). The predicted molar refractivity (Wildman–Crippen MR) is 423 cm³/mol. The third kappa shape index (κ3) is 14.9. The highest BCUT2D eigenvalue weighted by atomic mass is 16.5. The van der Waals surface area contributed by atoms with E-state index in [9.17, 15) is 14.4 Å². The molecule has 0 saturated heterocycles. The summed E-state index contributed by atoms with van der Waals surface area (Å²) in [7, 11) is 4.90. The van der Waals surface area contributed by atoms with Gasteiger partial charge in [-0.3, -0.25) is 14.4 Å². The Kier molecular flexibility index (Phi) is 20.4. The number of aldehydes is 1. The summed E-state index contributed by atoms with van der Waals surface area (Å²) in [5, 5.41) is 13.7. The van der Waals surface area contributed by atoms with Crippen LogP contribution in [0, 0.1) is 55.4 Å². The second kappa shape index (κ2) is 30.8. The van der Waals surface area contributed by atoms with Gasteiger partial charge in [-0.25, -0.2) is 20.0 Å². The van der Waals surface area contributed by atoms with Crippen molar-refractivity contribution in [2.24, 2.45) is 20.0 Å². The van der Waals surface area contributed by atoms with Gasteiger partial charge in [0.1, 0.15) is 29.3 Å². The number of carbonyl (C=O) groups is 3. The molecule has 0 radical (unpaired) electrons. The zero-order valence-electron chi connectivity index (χ0n) is 62.8. The van der Waals surface area contributed by atoms with Gasteiger partial charge in [-0.1, -0.05) is 72.8 Å². The average molecular weight is 1450 g/mol. The van der Waals surface area contributed by atoms with Crippen molar-refractivity contribution >= 4 is 87.7 Å². The number of nitrogens with one attached hydrogen (secondary N) is 8. The predicted octanol–water partition coefficient (Wildman–Crippen LogP) is 4.84. The Labute approximate surface area is 624 Å². The first-order valence-electron chi connectivity index (χ1n) is 35.7. The number of hydrogen-bond acceptors (Lipinski definition) is 12. The Morgan fingerprint density at radius 2 is 0.817 bits per heavy atom. The van der Waals surface area contributed by atoms with Crippen LogP contribution in [0.4, 0.5) is 0 Å². The van der Waals surface area contributed by atoms with E-state index in [1.54, 1.807) is 34.3 Å². The first kappa shape index (κ1) is 72.2. The molecular formula is C89H82N12O8. The van der Waals surface area contributed by atoms with E-state index in [0.29, 0.717) is 68.6 Å². The summed E-state index contributed by atoms with van der Waals surface area (Å²) in [5.41, 5.74) is 18.3. The molecular weight excluding hydrogens is 1370 g/mol. The topological polar surface area (TPSA) is 277 Å². The summed E-state index contributed by atoms with van der Waals surface area (Å²) < 4.78 is 27.6. The van der Waals surface area contributed by atoms with Gasteiger partial charge in [-0.2, -0.15) is 0 Å². The van der Waals surface area contributed by atoms with E-state index < -0.39 is 0 Å². The second-order valence-electron chi connectivity index (χ2n) is 27.0. The molecule has 4 aromatic carbocycles. The summed E-state index contributed by atoms with van der Waals surface area (Å²) in [6.45, 7) is 20.6. The SMILES string of the molecule is CCOc1cc(=C2C=c3ccccc3=N2)[nH]/c1=C\c1[nH]c(C)cc1C.COc1cc(=C2N=c3ccccc3=C2C(=O)c2ccoc2)[nH]/c1=C\c1[nH]c(C)cc1C.COc1cc(=C2N=c3ccccc3=C2C(C)=O)[nH]/c1=C\c1[nH]c(C)cc1C.COc1cc(=C2N=c3ccccc3=C2C=O)[nH]/c1=C\c1[nH]c(C)cc1C. The fourth-order valence-corrected chi connectivity index (χ4v) is 14.0. The zero-order chi connectivity index (χ0) is 76.3. The van der Waals surface area contributed by atoms with Crippen LogP contribution in [-0.2, 0) is 9.59 Å². The number of furan rings is 1. The molecule has 13 aromatic rings. The van der Waals surface area contributed by atoms with Gasteiger partial charge in [0.15, 0.2) is 17.9 Å². The van der Waals surface area contributed by atoms with Crippen LogP contribution >= 0.6 is 0 Å². The monoisotopic (exact) mass is 1450 g/mol. The summed E-state index contributed by atoms with van der Waals surface area (Å²) in [4.78, 5) is 83.1. The minimum Gasteiger partial charge on any atom is -0.494 e. The van der Waals surface area contributed by atoms with Gasteiger partial charge in [0.2, 0.25) is 0 Å². The van der Waals surface area contributed by atoms with Gasteiger partial charge in [-0.05, 0) is 176 Å². The van der Waals surface area contributed by atoms with Crippen molar-refractivity contribution in [1.29, 1.82) is 0 Å². The number of hydrogen-bond donors (Lipinski definition) is 8. The quantitative estimate of drug-likeness (QED) is 0.0583. The normalized spacial score (nSPS) is 15.6. The number of ether oxygens (including phenoxy) is 4. The summed E-state index contributed by atoms with van der Waals surface area (Å²) in [6.07, 6.45) is 14.0. The lowest BCUT2D eigenvalue weighted by molar-refractivity contribution is -0.111. The van der Waals surface area contributed by atoms with Crippen molar-refractivity contribution in [3.63, 3.8) is 0 Å². The third-order valence-electron chi connectivity index (χ3n) is 19.1. The lowest BCUT2D eigenvalue weighted by atomic mass is 10.0. The fraction of sp³-hybridized carbons (Fsp3) is 0.157. The van der Waals surface area contributed by atoms with Crippen LogP contribution < -0.4 is 104 Å². The number of nitrogens with zero attached hydrogens (tertiary/aromatic N) is 4. The van der Waals surface area contributed by atoms with Crippen molar-refractivity contribution in [1.82, 2.24) is 39.9 Å². The Morgan fingerprint density at radius 1 is 0.431 bits per heavy atom. The van der Waals surface area contributed by atoms with E-state index >= 15 is 0 Å². The maximum Gasteiger partial charge on any atom is 0.199 e. The number of carbonyl (C=O) groups excluding carboxylic acids is 3. The third-order valence-corrected chi connectivity index (χ3v) is 19.1. The van der Waals surface area contributed by atoms with Gasteiger partial charge in [0, 0.05) is 90.7 Å². The number of rotatable bonds is 13. The molecule has 9 aromatic heterocycles. The Morgan fingerprint density at radius 3 is 1.23 bits per heavy atom. The lowest BCUT2D eigenvalue weighted by Gasteiger charge is -2.01. The number of Topliss-reactive ketones (excluding diaryl/α,β-unsaturated/α-hetero) is 2. The van der Waals surface area contributed by atoms with Crippen molar-refractivity contribution in [2.45, 2.75) is 69.2 Å². The smallest absolute Gasteiger partial charge is 0.199 e. The van der Waals surface area contributed by atoms with E-state index in [0.717, 1.165) is 160 Å². The van der Waals surface area contributed by atoms with Gasteiger partial charge >= 0.3 is 0 Å². The molecule has 0 amide bonds. The molecule has 8 N–H and O–H groups in total. The largest absolute Gasteiger partial charge is 0.494 e. The molecule has 0 atom stereocenters. The molecule has 4 aliphatic heterocycles. The van der Waals surface area contributed by atoms with Crippen LogP contribution in [-0.4, -0.2) is 85.7 Å². The summed E-state index contributed by atoms with van der Waals surface area (Å²) in [6, 6.07) is 48.9. The van der Waals surface area contributed by atoms with Crippen LogP contribution in [0.25, 0.3) is 69.9 Å². The van der Waals surface area contributed by atoms with E-state index in [1.807, 2.05) is 161 Å². The van der Waals surface area contributed by atoms with Crippen molar-refractivity contribution in [3.8, 4) is 23.0 Å². The molecule has 0 saturated carbocycles. The minimum absolute atomic E-state index is 0.00589. The minimum atomic E-state index is -0.132. The standard InChI is InChI=1S/C25H21N3O3.C22H21N3O2.C21H19N3O2.C21H21N3O/c1-14-10-15(2)26-19(14)11-20-22(30-3)12-21(27-20)24-23(25(29)16-8-9-31-13-16)17-6-4-5-7-18(17)28-24;1-12-9-13(2)23-17(12)10-18-20(27-4)11-19(24-18)22-21(14(3)26)15-7-5-6-8-16(15)25-22;1-12-8-13(2)22-17(12)9-18-20(26-3)10-19(23-18)21-15(11-25)14-6-4-5-7-16(14)24-21;1-4-25-21-12-19(18-10-15-7-5-6-8-16(15)23-18)24-20(21)11-17-13(2)9-14(3)22-17/h4-13,26-27H,1-3H3;5-11,23-24H,1-4H3;4-11,22-23H,1-3H3;5-12,22,24H,4H2,1-3H3/b20-11-,24-21?;18-10-,22-19?;18-9-,21-19?;19-18?,20-11-. The number of H-pyrrole nitrogens is 8. The van der Waals surface area contributed by atoms with E-state index in [4.69, 9.17) is 38.3 Å². The van der Waals surface area contributed by atoms with Gasteiger partial charge in [-0.15, -0.1) is 0 Å². The van der Waals surface area contributed by atoms with Crippen LogP contribution in [0.2, 0.25) is 0 Å². The molecule has 20 heteroatoms. The van der Waals surface area contributed by atoms with Gasteiger partial charge < -0.3 is 63.2 Å². The molecule has 4 aliphatic rings. The number of methoxy groups -OCH3 is 3. The van der Waals surface area contributed by atoms with Crippen LogP contribution in [0.1, 0.15) is 92.0 Å². The van der Waals surface area contributed by atoms with Crippen LogP contribution in [0.5, 0.6) is 23.0 Å². The molecule has 0 spiro atoms. The van der Waals surface area contributed by atoms with Crippen molar-refractivity contribution < 1.29 is 37.7 Å². The second-order valence-corrected chi connectivity index (χ2v) is 27.0. The molecule has 0 fully saturated rings. The molecule has 20 nitrogen and oxygen atoms in total. The first-order valence-corrected chi connectivity index (χ1v) is 35.7. The Balaban J connectivity index is 0.000000122. The molecule has 109 heavy (non-hydrogen) atoms. The Hall–Kier alpha value is -13.8. The molecule has 0 bridgehead atoms. The van der Waals surface area contributed by atoms with Crippen LogP contribution in [0.15, 0.2) is 189 Å². The highest BCUT2D eigenvalue weighted by Crippen LogP contribution is 2.22. The number of aromatic amines is 8. The van der Waals surface area contributed by atoms with Crippen molar-refractivity contribution in [2.75, 3.05) is 27.9 Å². The first-order chi connectivity index (χ1) is 52.8.